The summed E-state index contributed by atoms with van der Waals surface area (Å²) < 4.78 is 5.55. The van der Waals surface area contributed by atoms with Gasteiger partial charge in [-0.25, -0.2) is 0 Å². The Balaban J connectivity index is 1.82. The summed E-state index contributed by atoms with van der Waals surface area (Å²) in [4.78, 5) is 0. The number of ether oxygens (including phenoxy) is 1. The smallest absolute Gasteiger partial charge is 0.119 e. The lowest BCUT2D eigenvalue weighted by Gasteiger charge is -2.24. The van der Waals surface area contributed by atoms with Crippen LogP contribution in [0.2, 0.25) is 0 Å². The number of nitrogens with zero attached hydrogens (tertiary/aromatic N) is 2. The van der Waals surface area contributed by atoms with Crippen molar-refractivity contribution in [1.29, 1.82) is 0 Å². The van der Waals surface area contributed by atoms with Gasteiger partial charge in [0.05, 0.1) is 11.7 Å². The molecule has 0 amide bonds. The number of hydrogen-bond acceptors (Lipinski definition) is 3. The van der Waals surface area contributed by atoms with Crippen LogP contribution in [-0.4, -0.2) is 12.3 Å². The van der Waals surface area contributed by atoms with Crippen molar-refractivity contribution in [3.8, 4) is 5.75 Å². The fourth-order valence-corrected chi connectivity index (χ4v) is 2.68. The zero-order valence-electron chi connectivity index (χ0n) is 12.8. The predicted octanol–water partition coefficient (Wildman–Crippen LogP) is 4.58. The van der Waals surface area contributed by atoms with Gasteiger partial charge in [0.25, 0.3) is 0 Å². The second kappa shape index (κ2) is 6.48. The minimum Gasteiger partial charge on any atom is -0.490 e. The molecule has 112 valence electrons. The van der Waals surface area contributed by atoms with Gasteiger partial charge in [0.2, 0.25) is 0 Å². The minimum absolute atomic E-state index is 0.246. The molecule has 3 rings (SSSR count). The van der Waals surface area contributed by atoms with Gasteiger partial charge in [-0.15, -0.1) is 0 Å². The Morgan fingerprint density at radius 3 is 2.59 bits per heavy atom. The third-order valence-electron chi connectivity index (χ3n) is 3.72. The Morgan fingerprint density at radius 1 is 1.18 bits per heavy atom. The zero-order chi connectivity index (χ0) is 15.4. The van der Waals surface area contributed by atoms with Gasteiger partial charge in [0.15, 0.2) is 0 Å². The number of hydrogen-bond donors (Lipinski definition) is 0. The minimum atomic E-state index is 0.246. The first-order chi connectivity index (χ1) is 10.8. The molecular formula is C19H20N2O. The Morgan fingerprint density at radius 2 is 1.91 bits per heavy atom. The number of hydrazone groups is 1. The third kappa shape index (κ3) is 3.03. The van der Waals surface area contributed by atoms with Crippen LogP contribution in [0, 0.1) is 0 Å². The average Bonchev–Trinajstić information content (AvgIpc) is 2.96. The molecule has 1 aliphatic heterocycles. The summed E-state index contributed by atoms with van der Waals surface area (Å²) in [5.74, 6) is 0.866. The molecular weight excluding hydrogens is 272 g/mol. The van der Waals surface area contributed by atoms with E-state index >= 15 is 0 Å². The first-order valence-corrected chi connectivity index (χ1v) is 7.50. The molecule has 1 aliphatic rings. The SMILES string of the molecule is C=CCOc1ccc([C@@H]2CC(C)=NN2c2ccccc2)cc1. The maximum absolute atomic E-state index is 5.55. The number of para-hydroxylation sites is 1. The summed E-state index contributed by atoms with van der Waals surface area (Å²) in [5, 5.41) is 6.80. The number of rotatable bonds is 5. The molecule has 3 nitrogen and oxygen atoms in total. The molecule has 0 saturated carbocycles. The van der Waals surface area contributed by atoms with E-state index in [0.717, 1.165) is 23.6 Å². The van der Waals surface area contributed by atoms with E-state index in [9.17, 15) is 0 Å². The van der Waals surface area contributed by atoms with Crippen molar-refractivity contribution >= 4 is 11.4 Å². The topological polar surface area (TPSA) is 24.8 Å². The summed E-state index contributed by atoms with van der Waals surface area (Å²) in [6, 6.07) is 18.8. The molecule has 0 spiro atoms. The monoisotopic (exact) mass is 292 g/mol. The fraction of sp³-hybridized carbons (Fsp3) is 0.211. The second-order valence-electron chi connectivity index (χ2n) is 5.40. The van der Waals surface area contributed by atoms with Gasteiger partial charge in [-0.1, -0.05) is 43.0 Å². The predicted molar refractivity (Wildman–Crippen MR) is 91.5 cm³/mol. The number of anilines is 1. The molecule has 0 saturated heterocycles. The van der Waals surface area contributed by atoms with E-state index in [1.165, 1.54) is 5.56 Å². The van der Waals surface area contributed by atoms with Crippen molar-refractivity contribution in [1.82, 2.24) is 0 Å². The molecule has 0 aliphatic carbocycles. The number of benzene rings is 2. The molecule has 1 heterocycles. The molecule has 0 unspecified atom stereocenters. The highest BCUT2D eigenvalue weighted by molar-refractivity contribution is 5.86. The van der Waals surface area contributed by atoms with Crippen molar-refractivity contribution < 1.29 is 4.74 Å². The first-order valence-electron chi connectivity index (χ1n) is 7.50. The molecule has 0 fully saturated rings. The van der Waals surface area contributed by atoms with E-state index in [1.807, 2.05) is 30.3 Å². The molecule has 22 heavy (non-hydrogen) atoms. The highest BCUT2D eigenvalue weighted by Crippen LogP contribution is 2.35. The van der Waals surface area contributed by atoms with Gasteiger partial charge in [-0.2, -0.15) is 5.10 Å². The van der Waals surface area contributed by atoms with E-state index in [0.29, 0.717) is 6.61 Å². The van der Waals surface area contributed by atoms with Crippen LogP contribution in [0.15, 0.2) is 72.4 Å². The van der Waals surface area contributed by atoms with E-state index in [1.54, 1.807) is 6.08 Å². The molecule has 0 bridgehead atoms. The molecule has 0 radical (unpaired) electrons. The van der Waals surface area contributed by atoms with Gasteiger partial charge in [0, 0.05) is 12.1 Å². The largest absolute Gasteiger partial charge is 0.490 e. The average molecular weight is 292 g/mol. The zero-order valence-corrected chi connectivity index (χ0v) is 12.8. The van der Waals surface area contributed by atoms with E-state index in [4.69, 9.17) is 9.84 Å². The lowest BCUT2D eigenvalue weighted by atomic mass is 10.0. The highest BCUT2D eigenvalue weighted by Gasteiger charge is 2.27. The lowest BCUT2D eigenvalue weighted by Crippen LogP contribution is -2.18. The van der Waals surface area contributed by atoms with Crippen LogP contribution in [0.3, 0.4) is 0 Å². The van der Waals surface area contributed by atoms with Crippen LogP contribution >= 0.6 is 0 Å². The van der Waals surface area contributed by atoms with E-state index in [2.05, 4.69) is 42.8 Å². The molecule has 0 N–H and O–H groups in total. The molecule has 0 aromatic heterocycles. The van der Waals surface area contributed by atoms with Crippen molar-refractivity contribution in [3.63, 3.8) is 0 Å². The summed E-state index contributed by atoms with van der Waals surface area (Å²) in [5.41, 5.74) is 3.52. The van der Waals surface area contributed by atoms with Crippen LogP contribution < -0.4 is 9.75 Å². The quantitative estimate of drug-likeness (QED) is 0.754. The van der Waals surface area contributed by atoms with Crippen LogP contribution in [0.25, 0.3) is 0 Å². The van der Waals surface area contributed by atoms with Crippen molar-refractivity contribution in [2.45, 2.75) is 19.4 Å². The van der Waals surface area contributed by atoms with Gasteiger partial charge < -0.3 is 4.74 Å². The lowest BCUT2D eigenvalue weighted by molar-refractivity contribution is 0.363. The van der Waals surface area contributed by atoms with Gasteiger partial charge in [-0.3, -0.25) is 5.01 Å². The van der Waals surface area contributed by atoms with E-state index < -0.39 is 0 Å². The van der Waals surface area contributed by atoms with Crippen LogP contribution in [-0.2, 0) is 0 Å². The van der Waals surface area contributed by atoms with Crippen LogP contribution in [0.5, 0.6) is 5.75 Å². The Kier molecular flexibility index (Phi) is 4.24. The maximum Gasteiger partial charge on any atom is 0.119 e. The summed E-state index contributed by atoms with van der Waals surface area (Å²) >= 11 is 0. The van der Waals surface area contributed by atoms with Crippen molar-refractivity contribution in [2.75, 3.05) is 11.6 Å². The second-order valence-corrected chi connectivity index (χ2v) is 5.40. The first kappa shape index (κ1) is 14.4. The van der Waals surface area contributed by atoms with Crippen molar-refractivity contribution in [3.05, 3.63) is 72.8 Å². The fourth-order valence-electron chi connectivity index (χ4n) is 2.68. The Hall–Kier alpha value is -2.55. The van der Waals surface area contributed by atoms with E-state index in [-0.39, 0.29) is 6.04 Å². The molecule has 1 atom stereocenters. The Labute approximate surface area is 131 Å². The van der Waals surface area contributed by atoms with Gasteiger partial charge >= 0.3 is 0 Å². The standard InChI is InChI=1S/C19H20N2O/c1-3-13-22-18-11-9-16(10-12-18)19-14-15(2)20-21(19)17-7-5-4-6-8-17/h3-12,19H,1,13-14H2,2H3/t19-/m0/s1. The third-order valence-corrected chi connectivity index (χ3v) is 3.72. The normalized spacial score (nSPS) is 17.2. The van der Waals surface area contributed by atoms with Gasteiger partial charge in [-0.05, 0) is 36.8 Å². The summed E-state index contributed by atoms with van der Waals surface area (Å²) in [6.07, 6.45) is 2.70. The van der Waals surface area contributed by atoms with Gasteiger partial charge in [0.1, 0.15) is 12.4 Å². The molecule has 3 heteroatoms. The van der Waals surface area contributed by atoms with Crippen LogP contribution in [0.4, 0.5) is 5.69 Å². The van der Waals surface area contributed by atoms with Crippen molar-refractivity contribution in [2.24, 2.45) is 5.10 Å². The molecule has 2 aromatic rings. The maximum atomic E-state index is 5.55. The highest BCUT2D eigenvalue weighted by atomic mass is 16.5. The summed E-state index contributed by atoms with van der Waals surface area (Å²) in [6.45, 7) is 6.27. The molecule has 2 aromatic carbocycles. The Bertz CT molecular complexity index is 662. The van der Waals surface area contributed by atoms with Crippen LogP contribution in [0.1, 0.15) is 24.9 Å². The summed E-state index contributed by atoms with van der Waals surface area (Å²) in [7, 11) is 0.